The summed E-state index contributed by atoms with van der Waals surface area (Å²) in [4.78, 5) is 23.4. The number of nitrogens with zero attached hydrogens (tertiary/aromatic N) is 4. The molecule has 10 heteroatoms. The summed E-state index contributed by atoms with van der Waals surface area (Å²) in [6, 6.07) is 21.2. The van der Waals surface area contributed by atoms with Gasteiger partial charge in [0.2, 0.25) is 0 Å². The first-order valence-corrected chi connectivity index (χ1v) is 15.3. The molecule has 1 amide bonds. The van der Waals surface area contributed by atoms with Gasteiger partial charge >= 0.3 is 0 Å². The molecular weight excluding hydrogens is 525 g/mol. The molecule has 0 N–H and O–H groups in total. The quantitative estimate of drug-likeness (QED) is 0.243. The Kier molecular flexibility index (Phi) is 8.53. The van der Waals surface area contributed by atoms with Gasteiger partial charge in [0.1, 0.15) is 0 Å². The molecule has 0 atom stereocenters. The molecule has 4 rings (SSSR count). The highest BCUT2D eigenvalue weighted by molar-refractivity contribution is 7.98. The van der Waals surface area contributed by atoms with Crippen LogP contribution in [0.2, 0.25) is 0 Å². The molecule has 0 unspecified atom stereocenters. The van der Waals surface area contributed by atoms with Crippen LogP contribution in [0.3, 0.4) is 0 Å². The highest BCUT2D eigenvalue weighted by Crippen LogP contribution is 2.34. The Hall–Kier alpha value is -2.92. The summed E-state index contributed by atoms with van der Waals surface area (Å²) >= 11 is 3.11. The zero-order valence-electron chi connectivity index (χ0n) is 21.3. The van der Waals surface area contributed by atoms with E-state index in [0.29, 0.717) is 36.0 Å². The second-order valence-corrected chi connectivity index (χ2v) is 12.3. The fourth-order valence-corrected chi connectivity index (χ4v) is 7.03. The van der Waals surface area contributed by atoms with Gasteiger partial charge in [0.15, 0.2) is 5.13 Å². The number of benzene rings is 3. The molecule has 37 heavy (non-hydrogen) atoms. The van der Waals surface area contributed by atoms with Crippen LogP contribution in [0, 0.1) is 0 Å². The zero-order valence-corrected chi connectivity index (χ0v) is 23.7. The van der Waals surface area contributed by atoms with Crippen molar-refractivity contribution in [1.82, 2.24) is 9.88 Å². The average Bonchev–Trinajstić information content (AvgIpc) is 3.33. The second kappa shape index (κ2) is 11.6. The first-order valence-electron chi connectivity index (χ1n) is 11.8. The molecule has 0 saturated heterocycles. The van der Waals surface area contributed by atoms with Crippen LogP contribution in [0.4, 0.5) is 10.8 Å². The maximum Gasteiger partial charge on any atom is 0.264 e. The minimum Gasteiger partial charge on any atom is -0.308 e. The molecule has 194 valence electrons. The number of para-hydroxylation sites is 2. The summed E-state index contributed by atoms with van der Waals surface area (Å²) in [6.07, 6.45) is 2.01. The maximum absolute atomic E-state index is 13.7. The SMILES string of the molecule is CCN(c1ccccc1)S(=O)(=O)c1ccc(C(=O)N(CCN(C)C)c2nc3c(SC)cccc3s2)cc1. The Morgan fingerprint density at radius 1 is 0.946 bits per heavy atom. The van der Waals surface area contributed by atoms with E-state index in [-0.39, 0.29) is 10.8 Å². The monoisotopic (exact) mass is 554 g/mol. The summed E-state index contributed by atoms with van der Waals surface area (Å²) in [7, 11) is 0.138. The van der Waals surface area contributed by atoms with Gasteiger partial charge in [-0.3, -0.25) is 14.0 Å². The third-order valence-electron chi connectivity index (χ3n) is 5.86. The summed E-state index contributed by atoms with van der Waals surface area (Å²) in [6.45, 7) is 3.20. The number of likely N-dealkylation sites (N-methyl/N-ethyl adjacent to an activating group) is 1. The number of fused-ring (bicyclic) bond motifs is 1. The number of thioether (sulfide) groups is 1. The Labute approximate surface area is 226 Å². The third kappa shape index (κ3) is 5.82. The van der Waals surface area contributed by atoms with E-state index in [0.717, 1.165) is 15.1 Å². The van der Waals surface area contributed by atoms with E-state index < -0.39 is 10.0 Å². The Balaban J connectivity index is 1.65. The second-order valence-electron chi connectivity index (χ2n) is 8.59. The predicted octanol–water partition coefficient (Wildman–Crippen LogP) is 5.44. The van der Waals surface area contributed by atoms with E-state index in [1.165, 1.54) is 27.8 Å². The van der Waals surface area contributed by atoms with Gasteiger partial charge in [0.25, 0.3) is 15.9 Å². The van der Waals surface area contributed by atoms with Crippen molar-refractivity contribution in [3.63, 3.8) is 0 Å². The van der Waals surface area contributed by atoms with Crippen molar-refractivity contribution in [3.8, 4) is 0 Å². The number of rotatable bonds is 10. The van der Waals surface area contributed by atoms with Gasteiger partial charge in [-0.2, -0.15) is 0 Å². The van der Waals surface area contributed by atoms with Crippen LogP contribution in [0.5, 0.6) is 0 Å². The van der Waals surface area contributed by atoms with Crippen LogP contribution < -0.4 is 9.21 Å². The lowest BCUT2D eigenvalue weighted by Gasteiger charge is -2.24. The van der Waals surface area contributed by atoms with Gasteiger partial charge in [-0.15, -0.1) is 11.8 Å². The van der Waals surface area contributed by atoms with Crippen LogP contribution in [-0.4, -0.2) is 64.2 Å². The van der Waals surface area contributed by atoms with E-state index in [4.69, 9.17) is 4.98 Å². The molecule has 0 spiro atoms. The Bertz CT molecular complexity index is 1470. The number of carbonyl (C=O) groups is 1. The topological polar surface area (TPSA) is 73.8 Å². The number of aromatic nitrogens is 1. The molecule has 0 aliphatic heterocycles. The number of sulfonamides is 1. The Morgan fingerprint density at radius 2 is 1.65 bits per heavy atom. The summed E-state index contributed by atoms with van der Waals surface area (Å²) < 4.78 is 29.1. The fraction of sp³-hybridized carbons (Fsp3) is 0.259. The fourth-order valence-electron chi connectivity index (χ4n) is 3.91. The van der Waals surface area contributed by atoms with E-state index in [9.17, 15) is 13.2 Å². The number of hydrogen-bond donors (Lipinski definition) is 0. The molecule has 0 aliphatic carbocycles. The van der Waals surface area contributed by atoms with Gasteiger partial charge in [-0.1, -0.05) is 35.6 Å². The standard InChI is InChI=1S/C27H30N4O3S3/c1-5-31(21-10-7-6-8-11-21)37(33,34)22-16-14-20(15-17-22)26(32)30(19-18-29(2)3)27-28-25-23(35-4)12-9-13-24(25)36-27/h6-17H,5,18-19H2,1-4H3. The number of carbonyl (C=O) groups excluding carboxylic acids is 1. The van der Waals surface area contributed by atoms with Crippen molar-refractivity contribution in [2.45, 2.75) is 16.7 Å². The van der Waals surface area contributed by atoms with E-state index >= 15 is 0 Å². The molecule has 0 aliphatic rings. The van der Waals surface area contributed by atoms with Crippen LogP contribution >= 0.6 is 23.1 Å². The first-order chi connectivity index (χ1) is 17.8. The molecule has 0 saturated carbocycles. The molecule has 0 bridgehead atoms. The first kappa shape index (κ1) is 27.1. The van der Waals surface area contributed by atoms with Crippen molar-refractivity contribution in [3.05, 3.63) is 78.4 Å². The van der Waals surface area contributed by atoms with Crippen molar-refractivity contribution in [2.75, 3.05) is 49.2 Å². The molecule has 1 heterocycles. The summed E-state index contributed by atoms with van der Waals surface area (Å²) in [5.74, 6) is -0.217. The molecule has 0 fully saturated rings. The summed E-state index contributed by atoms with van der Waals surface area (Å²) in [5.41, 5.74) is 1.89. The van der Waals surface area contributed by atoms with Gasteiger partial charge in [0.05, 0.1) is 20.8 Å². The lowest BCUT2D eigenvalue weighted by molar-refractivity contribution is 0.0985. The van der Waals surface area contributed by atoms with E-state index in [1.54, 1.807) is 47.9 Å². The highest BCUT2D eigenvalue weighted by atomic mass is 32.2. The van der Waals surface area contributed by atoms with Crippen molar-refractivity contribution < 1.29 is 13.2 Å². The normalized spacial score (nSPS) is 11.7. The van der Waals surface area contributed by atoms with Crippen LogP contribution in [0.25, 0.3) is 10.2 Å². The van der Waals surface area contributed by atoms with Gasteiger partial charge < -0.3 is 4.90 Å². The molecule has 7 nitrogen and oxygen atoms in total. The molecule has 1 aromatic heterocycles. The number of amides is 1. The van der Waals surface area contributed by atoms with Crippen LogP contribution in [-0.2, 0) is 10.0 Å². The van der Waals surface area contributed by atoms with E-state index in [1.807, 2.05) is 61.6 Å². The maximum atomic E-state index is 13.7. The van der Waals surface area contributed by atoms with E-state index in [2.05, 4.69) is 0 Å². The predicted molar refractivity (Wildman–Crippen MR) is 155 cm³/mol. The largest absolute Gasteiger partial charge is 0.308 e. The molecule has 4 aromatic rings. The highest BCUT2D eigenvalue weighted by Gasteiger charge is 2.26. The molecule has 0 radical (unpaired) electrons. The van der Waals surface area contributed by atoms with Gasteiger partial charge in [0, 0.05) is 30.1 Å². The lowest BCUT2D eigenvalue weighted by atomic mass is 10.2. The zero-order chi connectivity index (χ0) is 26.6. The van der Waals surface area contributed by atoms with Crippen molar-refractivity contribution in [2.24, 2.45) is 0 Å². The average molecular weight is 555 g/mol. The minimum atomic E-state index is -3.78. The Morgan fingerprint density at radius 3 is 2.27 bits per heavy atom. The molecular formula is C27H30N4O3S3. The van der Waals surface area contributed by atoms with Crippen molar-refractivity contribution >= 4 is 60.1 Å². The smallest absolute Gasteiger partial charge is 0.264 e. The van der Waals surface area contributed by atoms with Crippen molar-refractivity contribution in [1.29, 1.82) is 0 Å². The van der Waals surface area contributed by atoms with Crippen LogP contribution in [0.15, 0.2) is 82.6 Å². The van der Waals surface area contributed by atoms with Crippen LogP contribution in [0.1, 0.15) is 17.3 Å². The number of thiazole rings is 1. The van der Waals surface area contributed by atoms with Gasteiger partial charge in [-0.25, -0.2) is 13.4 Å². The minimum absolute atomic E-state index is 0.138. The number of hydrogen-bond acceptors (Lipinski definition) is 7. The summed E-state index contributed by atoms with van der Waals surface area (Å²) in [5, 5.41) is 0.626. The lowest BCUT2D eigenvalue weighted by Crippen LogP contribution is -2.36. The van der Waals surface area contributed by atoms with Gasteiger partial charge in [-0.05, 0) is 75.8 Å². The molecule has 3 aromatic carbocycles. The number of anilines is 2. The third-order valence-corrected chi connectivity index (χ3v) is 9.59.